The Morgan fingerprint density at radius 1 is 0.865 bits per heavy atom. The summed E-state index contributed by atoms with van der Waals surface area (Å²) in [5.74, 6) is 1.92. The lowest BCUT2D eigenvalue weighted by Crippen LogP contribution is -2.70. The summed E-state index contributed by atoms with van der Waals surface area (Å²) in [5, 5.41) is 23.9. The van der Waals surface area contributed by atoms with Crippen LogP contribution in [0.25, 0.3) is 0 Å². The number of rotatable bonds is 8. The summed E-state index contributed by atoms with van der Waals surface area (Å²) in [6, 6.07) is -0.869. The number of nitrogens with one attached hydrogen (secondary N) is 1. The van der Waals surface area contributed by atoms with Gasteiger partial charge in [0.15, 0.2) is 18.2 Å². The van der Waals surface area contributed by atoms with Crippen LogP contribution in [0.15, 0.2) is 0 Å². The highest BCUT2D eigenvalue weighted by Gasteiger charge is 2.70. The number of carboxylic acid groups (broad SMARTS) is 1. The van der Waals surface area contributed by atoms with E-state index in [0.29, 0.717) is 53.8 Å². The van der Waals surface area contributed by atoms with Gasteiger partial charge in [0.1, 0.15) is 6.04 Å². The molecule has 52 heavy (non-hydrogen) atoms. The van der Waals surface area contributed by atoms with Gasteiger partial charge in [-0.15, -0.1) is 0 Å². The molecule has 10 unspecified atom stereocenters. The molecule has 9 aliphatic rings. The highest BCUT2D eigenvalue weighted by atomic mass is 17.3. The van der Waals surface area contributed by atoms with Crippen molar-refractivity contribution >= 4 is 11.9 Å². The van der Waals surface area contributed by atoms with Gasteiger partial charge in [-0.1, -0.05) is 34.6 Å². The molecule has 5 aliphatic carbocycles. The van der Waals surface area contributed by atoms with Crippen molar-refractivity contribution in [1.29, 1.82) is 0 Å². The Morgan fingerprint density at radius 2 is 1.58 bits per heavy atom. The number of aliphatic hydroxyl groups is 1. The fourth-order valence-corrected chi connectivity index (χ4v) is 14.4. The number of carboxylic acids is 1. The Hall–Kier alpha value is -1.30. The Morgan fingerprint density at radius 3 is 2.35 bits per heavy atom. The Balaban J connectivity index is 0.918. The third-order valence-corrected chi connectivity index (χ3v) is 17.4. The van der Waals surface area contributed by atoms with E-state index in [4.69, 9.17) is 24.0 Å². The predicted octanol–water partition coefficient (Wildman–Crippen LogP) is 7.21. The Kier molecular flexibility index (Phi) is 9.71. The average molecular weight is 730 g/mol. The van der Waals surface area contributed by atoms with Crippen LogP contribution in [-0.2, 0) is 33.6 Å². The molecule has 4 heterocycles. The maximum atomic E-state index is 12.5. The van der Waals surface area contributed by atoms with E-state index in [1.54, 1.807) is 0 Å². The zero-order valence-corrected chi connectivity index (χ0v) is 32.8. The number of ether oxygens (including phenoxy) is 3. The van der Waals surface area contributed by atoms with Crippen LogP contribution in [0.2, 0.25) is 0 Å². The van der Waals surface area contributed by atoms with Crippen molar-refractivity contribution in [3.63, 3.8) is 0 Å². The fourth-order valence-electron chi connectivity index (χ4n) is 14.4. The third-order valence-electron chi connectivity index (χ3n) is 17.4. The van der Waals surface area contributed by atoms with E-state index in [-0.39, 0.29) is 47.1 Å². The number of carbonyl (C=O) groups excluding carboxylic acids is 1. The number of aliphatic hydroxyl groups excluding tert-OH is 1. The monoisotopic (exact) mass is 729 g/mol. The first-order valence-corrected chi connectivity index (χ1v) is 21.2. The topological polar surface area (TPSA) is 133 Å². The largest absolute Gasteiger partial charge is 0.480 e. The molecule has 10 heteroatoms. The lowest BCUT2D eigenvalue weighted by Gasteiger charge is -2.63. The van der Waals surface area contributed by atoms with E-state index >= 15 is 0 Å². The third kappa shape index (κ3) is 5.84. The molecule has 9 fully saturated rings. The molecular formula is C42H67NO9. The number of fused-ring (bicyclic) bond motifs is 7. The van der Waals surface area contributed by atoms with E-state index in [0.717, 1.165) is 70.6 Å². The van der Waals surface area contributed by atoms with Crippen LogP contribution in [0, 0.1) is 70.0 Å². The molecular weight excluding hydrogens is 662 g/mol. The predicted molar refractivity (Wildman–Crippen MR) is 192 cm³/mol. The summed E-state index contributed by atoms with van der Waals surface area (Å²) in [4.78, 5) is 36.1. The van der Waals surface area contributed by atoms with Gasteiger partial charge in [-0.2, -0.15) is 0 Å². The second kappa shape index (κ2) is 13.4. The maximum absolute atomic E-state index is 12.5. The van der Waals surface area contributed by atoms with Gasteiger partial charge in [-0.25, -0.2) is 9.78 Å². The van der Waals surface area contributed by atoms with Crippen molar-refractivity contribution in [1.82, 2.24) is 5.32 Å². The van der Waals surface area contributed by atoms with Gasteiger partial charge in [0.05, 0.1) is 12.2 Å². The van der Waals surface area contributed by atoms with Gasteiger partial charge in [0.2, 0.25) is 11.7 Å². The number of hydrogen-bond acceptors (Lipinski definition) is 8. The van der Waals surface area contributed by atoms with Crippen LogP contribution in [0.3, 0.4) is 0 Å². The highest BCUT2D eigenvalue weighted by molar-refractivity contribution is 5.83. The number of aliphatic carboxylic acids is 1. The summed E-state index contributed by atoms with van der Waals surface area (Å²) in [5.41, 5.74) is -0.238. The van der Waals surface area contributed by atoms with Crippen LogP contribution in [0.5, 0.6) is 0 Å². The molecule has 10 nitrogen and oxygen atoms in total. The van der Waals surface area contributed by atoms with Crippen LogP contribution in [0.4, 0.5) is 0 Å². The zero-order valence-electron chi connectivity index (χ0n) is 32.8. The zero-order chi connectivity index (χ0) is 37.0. The average Bonchev–Trinajstić information content (AvgIpc) is 3.29. The molecule has 294 valence electrons. The lowest BCUT2D eigenvalue weighted by molar-refractivity contribution is -0.578. The van der Waals surface area contributed by atoms with E-state index < -0.39 is 29.7 Å². The molecule has 4 aliphatic heterocycles. The van der Waals surface area contributed by atoms with Crippen LogP contribution < -0.4 is 5.32 Å². The van der Waals surface area contributed by atoms with Crippen molar-refractivity contribution < 1.29 is 43.8 Å². The minimum atomic E-state index is -1.01. The summed E-state index contributed by atoms with van der Waals surface area (Å²) in [6.45, 7) is 15.4. The van der Waals surface area contributed by atoms with Crippen molar-refractivity contribution in [3.8, 4) is 0 Å². The minimum absolute atomic E-state index is 0.0959. The first-order valence-electron chi connectivity index (χ1n) is 21.2. The van der Waals surface area contributed by atoms with Gasteiger partial charge < -0.3 is 29.7 Å². The van der Waals surface area contributed by atoms with Crippen LogP contribution in [0.1, 0.15) is 138 Å². The summed E-state index contributed by atoms with van der Waals surface area (Å²) >= 11 is 0. The molecule has 0 aromatic rings. The molecule has 4 saturated heterocycles. The molecule has 9 rings (SSSR count). The molecule has 19 atom stereocenters. The quantitative estimate of drug-likeness (QED) is 0.175. The van der Waals surface area contributed by atoms with Gasteiger partial charge >= 0.3 is 5.97 Å². The maximum Gasteiger partial charge on any atom is 0.325 e. The van der Waals surface area contributed by atoms with Crippen molar-refractivity contribution in [2.45, 2.75) is 181 Å². The lowest BCUT2D eigenvalue weighted by atomic mass is 9.43. The summed E-state index contributed by atoms with van der Waals surface area (Å²) in [6.07, 6.45) is 12.7. The molecule has 1 amide bonds. The first-order chi connectivity index (χ1) is 24.6. The highest BCUT2D eigenvalue weighted by Crippen LogP contribution is 2.69. The van der Waals surface area contributed by atoms with E-state index in [1.807, 2.05) is 6.92 Å². The number of carbonyl (C=O) groups is 2. The van der Waals surface area contributed by atoms with Gasteiger partial charge in [-0.3, -0.25) is 9.59 Å². The fraction of sp³-hybridized carbons (Fsp3) is 0.952. The number of amides is 1. The molecule has 0 aromatic heterocycles. The van der Waals surface area contributed by atoms with Crippen molar-refractivity contribution in [2.75, 3.05) is 0 Å². The molecule has 0 radical (unpaired) electrons. The Bertz CT molecular complexity index is 1380. The molecule has 2 bridgehead atoms. The second-order valence-corrected chi connectivity index (χ2v) is 20.0. The van der Waals surface area contributed by atoms with Gasteiger partial charge in [-0.05, 0) is 149 Å². The van der Waals surface area contributed by atoms with E-state index in [2.05, 4.69) is 39.9 Å². The Labute approximate surface area is 311 Å². The molecule has 3 N–H and O–H groups in total. The van der Waals surface area contributed by atoms with Crippen LogP contribution in [-0.4, -0.2) is 64.3 Å². The smallest absolute Gasteiger partial charge is 0.325 e. The van der Waals surface area contributed by atoms with Crippen LogP contribution >= 0.6 is 0 Å². The molecule has 0 aromatic carbocycles. The number of hydrogen-bond donors (Lipinski definition) is 3. The van der Waals surface area contributed by atoms with Crippen molar-refractivity contribution in [2.24, 2.45) is 70.0 Å². The summed E-state index contributed by atoms with van der Waals surface area (Å²) in [7, 11) is 0. The molecule has 5 saturated carbocycles. The standard InChI is InChI=1S/C42H67NO9/c1-22(9-13-34(45)43-25(4)36(46)47)28-11-12-31-35-32(15-18-40(28,31)6)39(5)17-14-27(20-26(39)21-33(35)44)48-37-24(3)30-10-8-23(2)29-16-19-41(7)50-38(49-37)42(29,30)52-51-41/h22-33,35,37-38,44H,8-21H2,1-7H3,(H,43,45)(H,46,47)/t22-,23-,24-,25?,26?,27-,28-,29?,30?,31?,32?,33+,35?,37?,38?,39+,40-,41?,42-/m1/s1. The second-order valence-electron chi connectivity index (χ2n) is 20.0. The van der Waals surface area contributed by atoms with E-state index in [1.165, 1.54) is 19.8 Å². The summed E-state index contributed by atoms with van der Waals surface area (Å²) < 4.78 is 20.5. The normalized spacial score (nSPS) is 53.3. The van der Waals surface area contributed by atoms with Gasteiger partial charge in [0.25, 0.3) is 0 Å². The minimum Gasteiger partial charge on any atom is -0.480 e. The van der Waals surface area contributed by atoms with E-state index in [9.17, 15) is 19.8 Å². The molecule has 1 spiro atoms. The van der Waals surface area contributed by atoms with Gasteiger partial charge in [0, 0.05) is 24.7 Å². The first kappa shape index (κ1) is 37.6. The SMILES string of the molecule is CC(NC(=O)CC[C@@H](C)[C@H]1CCC2C3C(CC[C@@]21C)[C@@]1(C)CC[C@@H](OC2OC4OC5(C)CCC6[C@H](C)CCC([C@H]2C)[C@@]46OO5)CC1C[C@@H]3O)C(=O)O. The van der Waals surface area contributed by atoms with Crippen molar-refractivity contribution in [3.05, 3.63) is 0 Å².